The molecule has 1 saturated carbocycles. The minimum Gasteiger partial charge on any atom is -0.238 e. The summed E-state index contributed by atoms with van der Waals surface area (Å²) in [6.45, 7) is 1.66. The van der Waals surface area contributed by atoms with E-state index in [0.717, 1.165) is 25.7 Å². The van der Waals surface area contributed by atoms with Crippen molar-refractivity contribution in [1.29, 1.82) is 0 Å². The van der Waals surface area contributed by atoms with Gasteiger partial charge in [-0.1, -0.05) is 32.3 Å². The lowest BCUT2D eigenvalue weighted by molar-refractivity contribution is 0.0541. The van der Waals surface area contributed by atoms with Crippen LogP contribution in [0.1, 0.15) is 39.0 Å². The van der Waals surface area contributed by atoms with E-state index >= 15 is 0 Å². The van der Waals surface area contributed by atoms with Gasteiger partial charge in [0.25, 0.3) is 0 Å². The van der Waals surface area contributed by atoms with Crippen molar-refractivity contribution in [2.75, 3.05) is 0 Å². The Morgan fingerprint density at radius 2 is 1.93 bits per heavy atom. The van der Waals surface area contributed by atoms with Gasteiger partial charge in [-0.05, 0) is 30.9 Å². The van der Waals surface area contributed by atoms with E-state index in [1.807, 2.05) is 0 Å². The Morgan fingerprint density at radius 3 is 2.60 bits per heavy atom. The zero-order chi connectivity index (χ0) is 10.9. The smallest absolute Gasteiger partial charge is 0.141 e. The summed E-state index contributed by atoms with van der Waals surface area (Å²) in [7, 11) is 0. The van der Waals surface area contributed by atoms with Gasteiger partial charge in [0.15, 0.2) is 0 Å². The molecule has 84 valence electrons. The highest BCUT2D eigenvalue weighted by Crippen LogP contribution is 2.45. The van der Waals surface area contributed by atoms with Crippen LogP contribution in [0.2, 0.25) is 0 Å². The summed E-state index contributed by atoms with van der Waals surface area (Å²) in [6, 6.07) is 0. The molecule has 0 N–H and O–H groups in total. The molecular formula is C13H18F2. The topological polar surface area (TPSA) is 0 Å². The first-order valence-corrected chi connectivity index (χ1v) is 5.88. The molecule has 0 amide bonds. The van der Waals surface area contributed by atoms with Crippen LogP contribution in [0.3, 0.4) is 0 Å². The minimum atomic E-state index is -1.45. The predicted molar refractivity (Wildman–Crippen MR) is 57.9 cm³/mol. The van der Waals surface area contributed by atoms with Crippen molar-refractivity contribution >= 4 is 0 Å². The Kier molecular flexibility index (Phi) is 2.94. The molecule has 0 saturated heterocycles. The minimum absolute atomic E-state index is 0.0111. The zero-order valence-electron chi connectivity index (χ0n) is 9.18. The fourth-order valence-corrected chi connectivity index (χ4v) is 2.82. The average molecular weight is 212 g/mol. The summed E-state index contributed by atoms with van der Waals surface area (Å²) in [5.74, 6) is -0.909. The Balaban J connectivity index is 2.18. The molecule has 0 spiro atoms. The maximum absolute atomic E-state index is 14.7. The fourth-order valence-electron chi connectivity index (χ4n) is 2.82. The molecule has 0 nitrogen and oxygen atoms in total. The van der Waals surface area contributed by atoms with Gasteiger partial charge in [0.1, 0.15) is 11.5 Å². The Morgan fingerprint density at radius 1 is 1.27 bits per heavy atom. The molecule has 0 radical (unpaired) electrons. The maximum Gasteiger partial charge on any atom is 0.141 e. The van der Waals surface area contributed by atoms with Gasteiger partial charge in [-0.25, -0.2) is 8.78 Å². The van der Waals surface area contributed by atoms with Crippen LogP contribution in [-0.4, -0.2) is 5.67 Å². The van der Waals surface area contributed by atoms with Crippen LogP contribution < -0.4 is 0 Å². The molecule has 0 aromatic rings. The fraction of sp³-hybridized carbons (Fsp3) is 0.692. The average Bonchev–Trinajstić information content (AvgIpc) is 2.27. The van der Waals surface area contributed by atoms with E-state index in [0.29, 0.717) is 0 Å². The second-order valence-corrected chi connectivity index (χ2v) is 4.79. The quantitative estimate of drug-likeness (QED) is 0.606. The van der Waals surface area contributed by atoms with Gasteiger partial charge in [0.2, 0.25) is 0 Å². The molecule has 0 aromatic carbocycles. The normalized spacial score (nSPS) is 37.8. The molecule has 0 heterocycles. The maximum atomic E-state index is 14.7. The Labute approximate surface area is 90.1 Å². The van der Waals surface area contributed by atoms with Crippen molar-refractivity contribution in [2.45, 2.75) is 44.7 Å². The number of rotatable bonds is 1. The van der Waals surface area contributed by atoms with E-state index in [1.54, 1.807) is 13.0 Å². The summed E-state index contributed by atoms with van der Waals surface area (Å²) in [6.07, 6.45) is 9.65. The zero-order valence-corrected chi connectivity index (χ0v) is 9.18. The van der Waals surface area contributed by atoms with Crippen molar-refractivity contribution in [3.8, 4) is 0 Å². The molecule has 2 aliphatic carbocycles. The van der Waals surface area contributed by atoms with Gasteiger partial charge < -0.3 is 0 Å². The number of alkyl halides is 1. The lowest BCUT2D eigenvalue weighted by Crippen LogP contribution is -2.40. The van der Waals surface area contributed by atoms with Crippen molar-refractivity contribution in [1.82, 2.24) is 0 Å². The standard InChI is InChI=1S/C13H18F2/c1-10-12(14)8-5-9-13(10,15)11-6-3-2-4-7-11/h5,8-11H,2-4,6-7H2,1H3. The summed E-state index contributed by atoms with van der Waals surface area (Å²) < 4.78 is 28.1. The van der Waals surface area contributed by atoms with Gasteiger partial charge >= 0.3 is 0 Å². The molecule has 0 aliphatic heterocycles. The Hall–Kier alpha value is -0.660. The second kappa shape index (κ2) is 4.07. The van der Waals surface area contributed by atoms with Crippen LogP contribution in [0.4, 0.5) is 8.78 Å². The molecule has 2 aliphatic rings. The van der Waals surface area contributed by atoms with Crippen LogP contribution in [-0.2, 0) is 0 Å². The molecule has 0 aromatic heterocycles. The highest BCUT2D eigenvalue weighted by molar-refractivity contribution is 5.26. The summed E-state index contributed by atoms with van der Waals surface area (Å²) in [5, 5.41) is 0. The van der Waals surface area contributed by atoms with Crippen LogP contribution >= 0.6 is 0 Å². The monoisotopic (exact) mass is 212 g/mol. The van der Waals surface area contributed by atoms with E-state index in [1.165, 1.54) is 18.6 Å². The van der Waals surface area contributed by atoms with Gasteiger partial charge in [0, 0.05) is 5.92 Å². The molecule has 1 fully saturated rings. The van der Waals surface area contributed by atoms with Crippen LogP contribution in [0.15, 0.2) is 24.1 Å². The van der Waals surface area contributed by atoms with E-state index in [-0.39, 0.29) is 11.7 Å². The van der Waals surface area contributed by atoms with E-state index in [2.05, 4.69) is 0 Å². The number of hydrogen-bond acceptors (Lipinski definition) is 0. The molecule has 2 unspecified atom stereocenters. The molecule has 2 atom stereocenters. The molecule has 0 bridgehead atoms. The lowest BCUT2D eigenvalue weighted by Gasteiger charge is -2.39. The molecule has 2 heteroatoms. The highest BCUT2D eigenvalue weighted by atomic mass is 19.2. The molecule has 15 heavy (non-hydrogen) atoms. The predicted octanol–water partition coefficient (Wildman–Crippen LogP) is 4.33. The Bertz CT molecular complexity index is 287. The van der Waals surface area contributed by atoms with E-state index in [4.69, 9.17) is 0 Å². The number of allylic oxidation sites excluding steroid dienone is 4. The van der Waals surface area contributed by atoms with E-state index in [9.17, 15) is 8.78 Å². The van der Waals surface area contributed by atoms with Crippen LogP contribution in [0.5, 0.6) is 0 Å². The van der Waals surface area contributed by atoms with Gasteiger partial charge in [-0.3, -0.25) is 0 Å². The van der Waals surface area contributed by atoms with Gasteiger partial charge in [-0.15, -0.1) is 0 Å². The first-order valence-electron chi connectivity index (χ1n) is 5.88. The summed E-state index contributed by atoms with van der Waals surface area (Å²) in [5.41, 5.74) is -1.45. The van der Waals surface area contributed by atoms with Crippen LogP contribution in [0, 0.1) is 11.8 Å². The SMILES string of the molecule is CC1C(F)=CC=CC1(F)C1CCCCC1. The number of hydrogen-bond donors (Lipinski definition) is 0. The van der Waals surface area contributed by atoms with Crippen molar-refractivity contribution in [3.05, 3.63) is 24.1 Å². The largest absolute Gasteiger partial charge is 0.238 e. The highest BCUT2D eigenvalue weighted by Gasteiger charge is 2.44. The third kappa shape index (κ3) is 1.86. The molecule has 2 rings (SSSR count). The third-order valence-electron chi connectivity index (χ3n) is 3.92. The van der Waals surface area contributed by atoms with Gasteiger partial charge in [-0.2, -0.15) is 0 Å². The van der Waals surface area contributed by atoms with Crippen molar-refractivity contribution in [2.24, 2.45) is 11.8 Å². The van der Waals surface area contributed by atoms with Crippen molar-refractivity contribution < 1.29 is 8.78 Å². The summed E-state index contributed by atoms with van der Waals surface area (Å²) in [4.78, 5) is 0. The summed E-state index contributed by atoms with van der Waals surface area (Å²) >= 11 is 0. The second-order valence-electron chi connectivity index (χ2n) is 4.79. The number of halogens is 2. The van der Waals surface area contributed by atoms with Crippen molar-refractivity contribution in [3.63, 3.8) is 0 Å². The lowest BCUT2D eigenvalue weighted by atomic mass is 9.70. The third-order valence-corrected chi connectivity index (χ3v) is 3.92. The van der Waals surface area contributed by atoms with E-state index < -0.39 is 11.6 Å². The van der Waals surface area contributed by atoms with Gasteiger partial charge in [0.05, 0.1) is 0 Å². The first kappa shape index (κ1) is 10.8. The van der Waals surface area contributed by atoms with Crippen LogP contribution in [0.25, 0.3) is 0 Å². The first-order chi connectivity index (χ1) is 7.14. The molecular weight excluding hydrogens is 194 g/mol.